The van der Waals surface area contributed by atoms with Gasteiger partial charge in [-0.05, 0) is 49.4 Å². The number of hydrogen-bond acceptors (Lipinski definition) is 7. The second kappa shape index (κ2) is 9.52. The number of alkyl halides is 3. The van der Waals surface area contributed by atoms with Gasteiger partial charge in [0.25, 0.3) is 0 Å². The highest BCUT2D eigenvalue weighted by atomic mass is 19.4. The van der Waals surface area contributed by atoms with Gasteiger partial charge in [-0.2, -0.15) is 13.2 Å². The summed E-state index contributed by atoms with van der Waals surface area (Å²) in [5.41, 5.74) is 1.74. The van der Waals surface area contributed by atoms with Gasteiger partial charge in [-0.25, -0.2) is 14.8 Å². The number of fused-ring (bicyclic) bond motifs is 1. The van der Waals surface area contributed by atoms with E-state index in [1.807, 2.05) is 43.3 Å². The Hall–Kier alpha value is -3.86. The molecule has 4 aromatic rings. The first kappa shape index (κ1) is 22.8. The molecular weight excluding hydrogens is 431 g/mol. The molecule has 3 N–H and O–H groups in total. The standard InChI is InChI=1S/C19H17N3O3.C2HF3O2/c1-12-2-4-14(24-12)9-20-19-16-8-13(3-6-17(16)21-11-22-19)18-7-5-15(10-23)25-18;3-2(4,5)1(6)7/h2-8,11,23H,9-10H2,1H3,(H,20,21,22);(H,6,7). The number of aromatic nitrogens is 2. The molecule has 4 rings (SSSR count). The zero-order valence-corrected chi connectivity index (χ0v) is 16.7. The van der Waals surface area contributed by atoms with Gasteiger partial charge in [-0.1, -0.05) is 0 Å². The van der Waals surface area contributed by atoms with Crippen molar-refractivity contribution in [1.82, 2.24) is 9.97 Å². The van der Waals surface area contributed by atoms with E-state index >= 15 is 0 Å². The molecule has 32 heavy (non-hydrogen) atoms. The van der Waals surface area contributed by atoms with Crippen molar-refractivity contribution >= 4 is 22.7 Å². The molecule has 0 saturated heterocycles. The number of aliphatic hydroxyl groups excluding tert-OH is 1. The average Bonchev–Trinajstić information content (AvgIpc) is 3.40. The molecule has 8 nitrogen and oxygen atoms in total. The third-order valence-corrected chi connectivity index (χ3v) is 4.21. The number of carboxylic acids is 1. The number of nitrogens with zero attached hydrogens (tertiary/aromatic N) is 2. The smallest absolute Gasteiger partial charge is 0.475 e. The van der Waals surface area contributed by atoms with Crippen LogP contribution in [-0.4, -0.2) is 32.3 Å². The second-order valence-electron chi connectivity index (χ2n) is 6.55. The number of anilines is 1. The van der Waals surface area contributed by atoms with E-state index in [9.17, 15) is 13.2 Å². The molecule has 3 heterocycles. The zero-order chi connectivity index (χ0) is 23.3. The molecular formula is C21H18F3N3O5. The third-order valence-electron chi connectivity index (χ3n) is 4.21. The lowest BCUT2D eigenvalue weighted by Gasteiger charge is -2.08. The minimum atomic E-state index is -5.08. The molecule has 1 aromatic carbocycles. The average molecular weight is 449 g/mol. The molecule has 0 unspecified atom stereocenters. The molecule has 11 heteroatoms. The fourth-order valence-corrected chi connectivity index (χ4v) is 2.72. The fraction of sp³-hybridized carbons (Fsp3) is 0.190. The Morgan fingerprint density at radius 2 is 1.78 bits per heavy atom. The highest BCUT2D eigenvalue weighted by molar-refractivity contribution is 5.92. The van der Waals surface area contributed by atoms with E-state index in [4.69, 9.17) is 23.8 Å². The van der Waals surface area contributed by atoms with Crippen molar-refractivity contribution < 1.29 is 37.0 Å². The Kier molecular flexibility index (Phi) is 6.79. The number of aliphatic hydroxyl groups is 1. The lowest BCUT2D eigenvalue weighted by molar-refractivity contribution is -0.192. The largest absolute Gasteiger partial charge is 0.490 e. The summed E-state index contributed by atoms with van der Waals surface area (Å²) >= 11 is 0. The lowest BCUT2D eigenvalue weighted by Crippen LogP contribution is -2.21. The molecule has 0 aliphatic rings. The first-order valence-electron chi connectivity index (χ1n) is 9.21. The first-order valence-corrected chi connectivity index (χ1v) is 9.21. The second-order valence-corrected chi connectivity index (χ2v) is 6.55. The van der Waals surface area contributed by atoms with Crippen LogP contribution < -0.4 is 5.32 Å². The minimum absolute atomic E-state index is 0.119. The molecule has 3 aromatic heterocycles. The van der Waals surface area contributed by atoms with Crippen molar-refractivity contribution in [3.63, 3.8) is 0 Å². The third kappa shape index (κ3) is 5.64. The van der Waals surface area contributed by atoms with Crippen LogP contribution in [0.5, 0.6) is 0 Å². The number of carbonyl (C=O) groups is 1. The van der Waals surface area contributed by atoms with Crippen molar-refractivity contribution in [2.75, 3.05) is 5.32 Å². The van der Waals surface area contributed by atoms with Gasteiger partial charge in [0.2, 0.25) is 0 Å². The number of nitrogens with one attached hydrogen (secondary N) is 1. The van der Waals surface area contributed by atoms with Crippen molar-refractivity contribution in [2.45, 2.75) is 26.3 Å². The van der Waals surface area contributed by atoms with Gasteiger partial charge >= 0.3 is 12.1 Å². The topological polar surface area (TPSA) is 122 Å². The number of benzene rings is 1. The Morgan fingerprint density at radius 3 is 2.38 bits per heavy atom. The number of aryl methyl sites for hydroxylation is 1. The van der Waals surface area contributed by atoms with E-state index in [-0.39, 0.29) is 6.61 Å². The summed E-state index contributed by atoms with van der Waals surface area (Å²) in [7, 11) is 0. The normalized spacial score (nSPS) is 11.2. The van der Waals surface area contributed by atoms with Gasteiger partial charge in [0, 0.05) is 10.9 Å². The Balaban J connectivity index is 0.000000360. The van der Waals surface area contributed by atoms with Crippen LogP contribution in [-0.2, 0) is 17.9 Å². The van der Waals surface area contributed by atoms with Crippen molar-refractivity contribution in [3.8, 4) is 11.3 Å². The number of hydrogen-bond donors (Lipinski definition) is 3. The number of carboxylic acid groups (broad SMARTS) is 1. The summed E-state index contributed by atoms with van der Waals surface area (Å²) in [5, 5.41) is 20.5. The van der Waals surface area contributed by atoms with Gasteiger partial charge in [-0.15, -0.1) is 0 Å². The maximum absolute atomic E-state index is 10.6. The predicted octanol–water partition coefficient (Wildman–Crippen LogP) is 4.53. The molecule has 0 aliphatic carbocycles. The Morgan fingerprint density at radius 1 is 1.06 bits per heavy atom. The summed E-state index contributed by atoms with van der Waals surface area (Å²) < 4.78 is 42.9. The van der Waals surface area contributed by atoms with Gasteiger partial charge < -0.3 is 24.4 Å². The van der Waals surface area contributed by atoms with Crippen LogP contribution in [0.15, 0.2) is 57.6 Å². The van der Waals surface area contributed by atoms with Gasteiger partial charge in [0.15, 0.2) is 0 Å². The van der Waals surface area contributed by atoms with Crippen LogP contribution in [0.25, 0.3) is 22.2 Å². The van der Waals surface area contributed by atoms with Crippen LogP contribution in [0.3, 0.4) is 0 Å². The summed E-state index contributed by atoms with van der Waals surface area (Å²) in [5.74, 6) is 0.930. The van der Waals surface area contributed by atoms with E-state index in [1.165, 1.54) is 6.33 Å². The first-order chi connectivity index (χ1) is 15.2. The Bertz CT molecular complexity index is 1220. The molecule has 0 amide bonds. The summed E-state index contributed by atoms with van der Waals surface area (Å²) in [4.78, 5) is 17.6. The van der Waals surface area contributed by atoms with E-state index in [1.54, 1.807) is 6.07 Å². The zero-order valence-electron chi connectivity index (χ0n) is 16.7. The molecule has 0 aliphatic heterocycles. The molecule has 0 radical (unpaired) electrons. The minimum Gasteiger partial charge on any atom is -0.475 e. The van der Waals surface area contributed by atoms with E-state index in [0.717, 1.165) is 33.8 Å². The van der Waals surface area contributed by atoms with Crippen molar-refractivity contribution in [1.29, 1.82) is 0 Å². The predicted molar refractivity (Wildman–Crippen MR) is 108 cm³/mol. The van der Waals surface area contributed by atoms with Gasteiger partial charge in [0.1, 0.15) is 41.8 Å². The number of aliphatic carboxylic acids is 1. The number of halogens is 3. The Labute approximate surface area is 179 Å². The summed E-state index contributed by atoms with van der Waals surface area (Å²) in [6, 6.07) is 13.3. The van der Waals surface area contributed by atoms with Gasteiger partial charge in [0.05, 0.1) is 12.1 Å². The van der Waals surface area contributed by atoms with Crippen molar-refractivity contribution in [2.24, 2.45) is 0 Å². The van der Waals surface area contributed by atoms with Crippen LogP contribution in [0.1, 0.15) is 17.3 Å². The molecule has 0 bridgehead atoms. The van der Waals surface area contributed by atoms with Crippen LogP contribution >= 0.6 is 0 Å². The van der Waals surface area contributed by atoms with Crippen molar-refractivity contribution in [3.05, 3.63) is 66.1 Å². The summed E-state index contributed by atoms with van der Waals surface area (Å²) in [6.45, 7) is 2.34. The monoisotopic (exact) mass is 449 g/mol. The fourth-order valence-electron chi connectivity index (χ4n) is 2.72. The SMILES string of the molecule is Cc1ccc(CNc2ncnc3ccc(-c4ccc(CO)o4)cc23)o1.O=C(O)C(F)(F)F. The van der Waals surface area contributed by atoms with E-state index in [2.05, 4.69) is 15.3 Å². The molecule has 0 fully saturated rings. The van der Waals surface area contributed by atoms with Gasteiger partial charge in [-0.3, -0.25) is 0 Å². The highest BCUT2D eigenvalue weighted by Gasteiger charge is 2.38. The number of furan rings is 2. The maximum atomic E-state index is 10.6. The van der Waals surface area contributed by atoms with Crippen LogP contribution in [0.2, 0.25) is 0 Å². The number of rotatable bonds is 5. The summed E-state index contributed by atoms with van der Waals surface area (Å²) in [6.07, 6.45) is -3.55. The van der Waals surface area contributed by atoms with Crippen LogP contribution in [0, 0.1) is 6.92 Å². The molecule has 0 atom stereocenters. The van der Waals surface area contributed by atoms with E-state index < -0.39 is 12.1 Å². The quantitative estimate of drug-likeness (QED) is 0.406. The van der Waals surface area contributed by atoms with Crippen LogP contribution in [0.4, 0.5) is 19.0 Å². The highest BCUT2D eigenvalue weighted by Crippen LogP contribution is 2.28. The molecule has 0 saturated carbocycles. The maximum Gasteiger partial charge on any atom is 0.490 e. The molecule has 0 spiro atoms. The molecule has 168 valence electrons. The van der Waals surface area contributed by atoms with E-state index in [0.29, 0.717) is 18.1 Å². The lowest BCUT2D eigenvalue weighted by atomic mass is 10.1.